The number of benzene rings is 3. The number of rotatable bonds is 5. The molecular formula is C24H18F3NO5. The number of esters is 1. The van der Waals surface area contributed by atoms with Gasteiger partial charge in [-0.1, -0.05) is 48.5 Å². The molecular weight excluding hydrogens is 439 g/mol. The number of ether oxygens (including phenoxy) is 3. The van der Waals surface area contributed by atoms with Gasteiger partial charge in [0.2, 0.25) is 12.2 Å². The molecule has 2 atom stereocenters. The molecule has 33 heavy (non-hydrogen) atoms. The number of alkyl halides is 3. The van der Waals surface area contributed by atoms with E-state index in [1.54, 1.807) is 54.6 Å². The zero-order valence-corrected chi connectivity index (χ0v) is 17.0. The van der Waals surface area contributed by atoms with Crippen molar-refractivity contribution < 1.29 is 37.0 Å². The molecule has 1 aliphatic heterocycles. The van der Waals surface area contributed by atoms with Gasteiger partial charge in [0.15, 0.2) is 11.5 Å². The number of fused-ring (bicyclic) bond motifs is 1. The number of nitrogens with one attached hydrogen (secondary N) is 1. The van der Waals surface area contributed by atoms with Crippen LogP contribution in [0, 0.1) is 0 Å². The lowest BCUT2D eigenvalue weighted by Crippen LogP contribution is -2.39. The fraction of sp³-hybridized carbons (Fsp3) is 0.167. The fourth-order valence-electron chi connectivity index (χ4n) is 3.21. The molecule has 1 amide bonds. The summed E-state index contributed by atoms with van der Waals surface area (Å²) in [6, 6.07) is 19.1. The van der Waals surface area contributed by atoms with Crippen LogP contribution in [0.3, 0.4) is 0 Å². The summed E-state index contributed by atoms with van der Waals surface area (Å²) in [5.74, 6) is -0.831. The Labute approximate surface area is 186 Å². The van der Waals surface area contributed by atoms with Gasteiger partial charge in [-0.15, -0.1) is 0 Å². The van der Waals surface area contributed by atoms with Crippen molar-refractivity contribution in [3.63, 3.8) is 0 Å². The van der Waals surface area contributed by atoms with E-state index in [0.29, 0.717) is 17.1 Å². The van der Waals surface area contributed by atoms with Gasteiger partial charge in [0.25, 0.3) is 5.91 Å². The zero-order valence-electron chi connectivity index (χ0n) is 17.0. The summed E-state index contributed by atoms with van der Waals surface area (Å²) < 4.78 is 55.6. The van der Waals surface area contributed by atoms with Crippen molar-refractivity contribution in [1.29, 1.82) is 0 Å². The Morgan fingerprint density at radius 3 is 2.36 bits per heavy atom. The van der Waals surface area contributed by atoms with Gasteiger partial charge in [0, 0.05) is 11.3 Å². The fourth-order valence-corrected chi connectivity index (χ4v) is 3.21. The molecule has 0 fully saturated rings. The van der Waals surface area contributed by atoms with Crippen LogP contribution in [-0.4, -0.2) is 24.6 Å². The topological polar surface area (TPSA) is 73.9 Å². The van der Waals surface area contributed by atoms with Crippen molar-refractivity contribution in [1.82, 2.24) is 0 Å². The molecule has 6 nitrogen and oxygen atoms in total. The van der Waals surface area contributed by atoms with E-state index in [2.05, 4.69) is 5.32 Å². The Morgan fingerprint density at radius 1 is 0.939 bits per heavy atom. The van der Waals surface area contributed by atoms with Crippen LogP contribution in [0.5, 0.6) is 11.5 Å². The standard InChI is InChI=1S/C24H18F3NO5/c25-24(26,27)16-9-6-10-17(13-16)28-22(29)21(15-7-2-1-3-8-15)33-23(30)20-14-31-18-11-4-5-12-19(18)32-20/h1-13,20-21H,14H2,(H,28,29)/t20-,21+/m1/s1. The Hall–Kier alpha value is -4.01. The molecule has 9 heteroatoms. The van der Waals surface area contributed by atoms with Crippen molar-refractivity contribution >= 4 is 17.6 Å². The highest BCUT2D eigenvalue weighted by molar-refractivity contribution is 5.96. The maximum Gasteiger partial charge on any atom is 0.416 e. The first-order chi connectivity index (χ1) is 15.8. The molecule has 170 valence electrons. The molecule has 0 saturated heterocycles. The second kappa shape index (κ2) is 9.23. The summed E-state index contributed by atoms with van der Waals surface area (Å²) in [7, 11) is 0. The average molecular weight is 457 g/mol. The van der Waals surface area contributed by atoms with Crippen molar-refractivity contribution in [2.45, 2.75) is 18.4 Å². The Morgan fingerprint density at radius 2 is 1.64 bits per heavy atom. The number of hydrogen-bond donors (Lipinski definition) is 1. The molecule has 3 aromatic carbocycles. The molecule has 0 aliphatic carbocycles. The maximum absolute atomic E-state index is 13.0. The van der Waals surface area contributed by atoms with E-state index >= 15 is 0 Å². The summed E-state index contributed by atoms with van der Waals surface area (Å²) in [4.78, 5) is 25.7. The number of para-hydroxylation sites is 2. The van der Waals surface area contributed by atoms with Crippen LogP contribution >= 0.6 is 0 Å². The SMILES string of the molecule is O=C(Nc1cccc(C(F)(F)F)c1)[C@@H](OC(=O)[C@H]1COc2ccccc2O1)c1ccccc1. The van der Waals surface area contributed by atoms with Gasteiger partial charge in [-0.2, -0.15) is 13.2 Å². The lowest BCUT2D eigenvalue weighted by molar-refractivity contribution is -0.164. The van der Waals surface area contributed by atoms with Crippen molar-refractivity contribution in [3.05, 3.63) is 90.0 Å². The van der Waals surface area contributed by atoms with Crippen LogP contribution in [0.1, 0.15) is 17.2 Å². The largest absolute Gasteiger partial charge is 0.485 e. The number of carbonyl (C=O) groups is 2. The van der Waals surface area contributed by atoms with Gasteiger partial charge in [0.05, 0.1) is 5.56 Å². The molecule has 0 radical (unpaired) electrons. The lowest BCUT2D eigenvalue weighted by atomic mass is 10.1. The second-order valence-corrected chi connectivity index (χ2v) is 7.16. The van der Waals surface area contributed by atoms with Gasteiger partial charge < -0.3 is 19.5 Å². The molecule has 0 unspecified atom stereocenters. The maximum atomic E-state index is 13.0. The third kappa shape index (κ3) is 5.25. The molecule has 1 heterocycles. The van der Waals surface area contributed by atoms with Crippen LogP contribution in [0.2, 0.25) is 0 Å². The summed E-state index contributed by atoms with van der Waals surface area (Å²) >= 11 is 0. The molecule has 0 saturated carbocycles. The molecule has 0 spiro atoms. The van der Waals surface area contributed by atoms with Crippen LogP contribution in [0.4, 0.5) is 18.9 Å². The molecule has 3 aromatic rings. The van der Waals surface area contributed by atoms with Gasteiger partial charge in [-0.05, 0) is 30.3 Å². The smallest absolute Gasteiger partial charge is 0.416 e. The highest BCUT2D eigenvalue weighted by Gasteiger charge is 2.34. The highest BCUT2D eigenvalue weighted by Crippen LogP contribution is 2.33. The summed E-state index contributed by atoms with van der Waals surface area (Å²) in [6.45, 7) is -0.118. The normalized spacial score (nSPS) is 15.9. The number of halogens is 3. The number of amides is 1. The minimum absolute atomic E-state index is 0.0852. The van der Waals surface area contributed by atoms with E-state index in [-0.39, 0.29) is 12.3 Å². The van der Waals surface area contributed by atoms with E-state index in [9.17, 15) is 22.8 Å². The Balaban J connectivity index is 1.53. The van der Waals surface area contributed by atoms with E-state index < -0.39 is 35.8 Å². The predicted octanol–water partition coefficient (Wildman–Crippen LogP) is 4.77. The third-order valence-electron chi connectivity index (χ3n) is 4.80. The second-order valence-electron chi connectivity index (χ2n) is 7.16. The number of carbonyl (C=O) groups excluding carboxylic acids is 2. The quantitative estimate of drug-likeness (QED) is 0.559. The summed E-state index contributed by atoms with van der Waals surface area (Å²) in [5, 5.41) is 2.39. The van der Waals surface area contributed by atoms with Gasteiger partial charge in [-0.25, -0.2) is 4.79 Å². The van der Waals surface area contributed by atoms with Crippen LogP contribution in [-0.2, 0) is 20.5 Å². The minimum Gasteiger partial charge on any atom is -0.485 e. The first kappa shape index (κ1) is 22.2. The first-order valence-corrected chi connectivity index (χ1v) is 9.93. The lowest BCUT2D eigenvalue weighted by Gasteiger charge is -2.26. The minimum atomic E-state index is -4.57. The van der Waals surface area contributed by atoms with Gasteiger partial charge in [0.1, 0.15) is 6.61 Å². The van der Waals surface area contributed by atoms with E-state index in [1.165, 1.54) is 12.1 Å². The van der Waals surface area contributed by atoms with E-state index in [4.69, 9.17) is 14.2 Å². The molecule has 4 rings (SSSR count). The third-order valence-corrected chi connectivity index (χ3v) is 4.80. The Kier molecular flexibility index (Phi) is 6.21. The average Bonchev–Trinajstić information content (AvgIpc) is 2.82. The summed E-state index contributed by atoms with van der Waals surface area (Å²) in [5.41, 5.74) is -0.662. The van der Waals surface area contributed by atoms with E-state index in [0.717, 1.165) is 12.1 Å². The zero-order chi connectivity index (χ0) is 23.4. The summed E-state index contributed by atoms with van der Waals surface area (Å²) in [6.07, 6.45) is -7.11. The number of hydrogen-bond acceptors (Lipinski definition) is 5. The Bertz CT molecular complexity index is 1150. The van der Waals surface area contributed by atoms with E-state index in [1.807, 2.05) is 0 Å². The predicted molar refractivity (Wildman–Crippen MR) is 112 cm³/mol. The molecule has 1 aliphatic rings. The molecule has 0 aromatic heterocycles. The molecule has 0 bridgehead atoms. The van der Waals surface area contributed by atoms with Crippen molar-refractivity contribution in [2.75, 3.05) is 11.9 Å². The van der Waals surface area contributed by atoms with Crippen LogP contribution in [0.15, 0.2) is 78.9 Å². The van der Waals surface area contributed by atoms with Gasteiger partial charge >= 0.3 is 12.1 Å². The number of anilines is 1. The van der Waals surface area contributed by atoms with Gasteiger partial charge in [-0.3, -0.25) is 4.79 Å². The first-order valence-electron chi connectivity index (χ1n) is 9.93. The highest BCUT2D eigenvalue weighted by atomic mass is 19.4. The monoisotopic (exact) mass is 457 g/mol. The van der Waals surface area contributed by atoms with Crippen molar-refractivity contribution in [3.8, 4) is 11.5 Å². The van der Waals surface area contributed by atoms with Crippen LogP contribution in [0.25, 0.3) is 0 Å². The van der Waals surface area contributed by atoms with Crippen LogP contribution < -0.4 is 14.8 Å². The van der Waals surface area contributed by atoms with Crippen molar-refractivity contribution in [2.24, 2.45) is 0 Å². The molecule has 1 N–H and O–H groups in total.